The molecule has 0 bridgehead atoms. The molecule has 232 valence electrons. The topological polar surface area (TPSA) is 105 Å². The second-order valence-corrected chi connectivity index (χ2v) is 11.9. The van der Waals surface area contributed by atoms with Crippen LogP contribution in [0.2, 0.25) is 5.02 Å². The molecule has 11 heteroatoms. The standard InChI is InChI=1S/C29H32BrClN4O3.C3H6F2/c1-17-5-12-24(32)26(25(17)29(38)34-21-9-7-20(30)8-10-21)27(36)22-15-19(6-11-23(22)31)16-33-28(37)18(2)35-13-3-4-14-35;1-2-3(4)5/h5-12,15,18,24,26H,3-4,13-14,16,32H2,1-2H3,(H,33,37)(H,34,38);3H,2H2,1H3. The van der Waals surface area contributed by atoms with Gasteiger partial charge in [-0.2, -0.15) is 0 Å². The van der Waals surface area contributed by atoms with Crippen molar-refractivity contribution >= 4 is 50.8 Å². The minimum Gasteiger partial charge on any atom is -0.351 e. The fraction of sp³-hybridized carbons (Fsp3) is 0.406. The van der Waals surface area contributed by atoms with Gasteiger partial charge in [0.15, 0.2) is 5.78 Å². The summed E-state index contributed by atoms with van der Waals surface area (Å²) in [5, 5.41) is 6.11. The summed E-state index contributed by atoms with van der Waals surface area (Å²) in [6, 6.07) is 11.4. The van der Waals surface area contributed by atoms with Gasteiger partial charge in [0.25, 0.3) is 5.91 Å². The van der Waals surface area contributed by atoms with Gasteiger partial charge >= 0.3 is 0 Å². The molecule has 0 spiro atoms. The number of nitrogens with one attached hydrogen (secondary N) is 2. The molecule has 1 aliphatic heterocycles. The van der Waals surface area contributed by atoms with Crippen LogP contribution in [0.3, 0.4) is 0 Å². The predicted molar refractivity (Wildman–Crippen MR) is 170 cm³/mol. The normalized spacial score (nSPS) is 19.1. The van der Waals surface area contributed by atoms with Gasteiger partial charge in [-0.15, -0.1) is 0 Å². The Morgan fingerprint density at radius 1 is 1.12 bits per heavy atom. The number of Topliss-reactive ketones (excluding diaryl/α,β-unsaturated/α-hetero) is 1. The van der Waals surface area contributed by atoms with Crippen molar-refractivity contribution in [3.63, 3.8) is 0 Å². The van der Waals surface area contributed by atoms with Crippen LogP contribution in [0.25, 0.3) is 0 Å². The summed E-state index contributed by atoms with van der Waals surface area (Å²) in [5.41, 5.74) is 8.95. The Labute approximate surface area is 265 Å². The Bertz CT molecular complexity index is 1360. The minimum absolute atomic E-state index is 0.0278. The van der Waals surface area contributed by atoms with Gasteiger partial charge in [-0.3, -0.25) is 19.3 Å². The van der Waals surface area contributed by atoms with Gasteiger partial charge < -0.3 is 16.4 Å². The SMILES string of the molecule is CC1=C(C(=O)Nc2ccc(Br)cc2)C(C(=O)c2cc(CNC(=O)C(C)N3CCCC3)ccc2Cl)C(N)C=C1.CCC(F)F. The van der Waals surface area contributed by atoms with Crippen molar-refractivity contribution in [2.45, 2.75) is 65.1 Å². The first-order valence-electron chi connectivity index (χ1n) is 14.3. The summed E-state index contributed by atoms with van der Waals surface area (Å²) in [4.78, 5) is 42.0. The molecule has 1 aliphatic carbocycles. The van der Waals surface area contributed by atoms with E-state index in [9.17, 15) is 23.2 Å². The van der Waals surface area contributed by atoms with Crippen molar-refractivity contribution in [1.82, 2.24) is 10.2 Å². The molecule has 3 atom stereocenters. The van der Waals surface area contributed by atoms with E-state index in [4.69, 9.17) is 17.3 Å². The number of benzene rings is 2. The van der Waals surface area contributed by atoms with Crippen LogP contribution in [0.4, 0.5) is 14.5 Å². The van der Waals surface area contributed by atoms with Gasteiger partial charge in [-0.05, 0) is 87.3 Å². The first kappa shape index (κ1) is 34.6. The highest BCUT2D eigenvalue weighted by atomic mass is 79.9. The highest BCUT2D eigenvalue weighted by molar-refractivity contribution is 9.10. The molecule has 0 aromatic heterocycles. The Balaban J connectivity index is 0.000000934. The monoisotopic (exact) mass is 678 g/mol. The third-order valence-electron chi connectivity index (χ3n) is 7.46. The summed E-state index contributed by atoms with van der Waals surface area (Å²) >= 11 is 9.85. The zero-order valence-electron chi connectivity index (χ0n) is 24.5. The molecule has 3 unspecified atom stereocenters. The van der Waals surface area contributed by atoms with Gasteiger partial charge in [-0.1, -0.05) is 52.7 Å². The quantitative estimate of drug-likeness (QED) is 0.262. The predicted octanol–water partition coefficient (Wildman–Crippen LogP) is 6.52. The zero-order chi connectivity index (χ0) is 31.7. The van der Waals surface area contributed by atoms with Gasteiger partial charge in [0.1, 0.15) is 0 Å². The van der Waals surface area contributed by atoms with Crippen LogP contribution in [0.1, 0.15) is 56.0 Å². The van der Waals surface area contributed by atoms with Crippen molar-refractivity contribution in [2.75, 3.05) is 18.4 Å². The number of carbonyl (C=O) groups excluding carboxylic acids is 3. The Kier molecular flexibility index (Phi) is 13.1. The second-order valence-electron chi connectivity index (χ2n) is 10.6. The summed E-state index contributed by atoms with van der Waals surface area (Å²) in [7, 11) is 0. The number of rotatable bonds is 9. The maximum Gasteiger partial charge on any atom is 0.252 e. The number of likely N-dealkylation sites (tertiary alicyclic amines) is 1. The molecule has 2 aromatic carbocycles. The van der Waals surface area contributed by atoms with Crippen LogP contribution in [0.15, 0.2) is 70.2 Å². The van der Waals surface area contributed by atoms with E-state index in [1.54, 1.807) is 49.4 Å². The van der Waals surface area contributed by atoms with E-state index >= 15 is 0 Å². The number of alkyl halides is 2. The summed E-state index contributed by atoms with van der Waals surface area (Å²) < 4.78 is 22.4. The molecule has 0 saturated carbocycles. The molecule has 2 aromatic rings. The highest BCUT2D eigenvalue weighted by Gasteiger charge is 2.36. The molecular weight excluding hydrogens is 642 g/mol. The minimum atomic E-state index is -2.12. The molecule has 1 fully saturated rings. The molecule has 1 heterocycles. The lowest BCUT2D eigenvalue weighted by Crippen LogP contribution is -2.43. The summed E-state index contributed by atoms with van der Waals surface area (Å²) in [6.45, 7) is 7.25. The van der Waals surface area contributed by atoms with Crippen LogP contribution in [0.5, 0.6) is 0 Å². The molecular formula is C32H38BrClF2N4O3. The maximum absolute atomic E-state index is 13.8. The molecule has 2 amide bonds. The van der Waals surface area contributed by atoms with Gasteiger partial charge in [0, 0.05) is 40.3 Å². The van der Waals surface area contributed by atoms with Crippen molar-refractivity contribution in [2.24, 2.45) is 11.7 Å². The average Bonchev–Trinajstić information content (AvgIpc) is 3.53. The number of anilines is 1. The number of carbonyl (C=O) groups is 3. The fourth-order valence-electron chi connectivity index (χ4n) is 4.92. The van der Waals surface area contributed by atoms with Gasteiger partial charge in [0.05, 0.1) is 17.0 Å². The molecule has 4 N–H and O–H groups in total. The summed E-state index contributed by atoms with van der Waals surface area (Å²) in [6.07, 6.45) is 3.56. The third kappa shape index (κ3) is 9.53. The second kappa shape index (κ2) is 16.2. The van der Waals surface area contributed by atoms with E-state index in [1.807, 2.05) is 19.1 Å². The number of ketones is 1. The smallest absolute Gasteiger partial charge is 0.252 e. The van der Waals surface area contributed by atoms with Crippen LogP contribution in [-0.4, -0.2) is 54.1 Å². The van der Waals surface area contributed by atoms with E-state index in [1.165, 1.54) is 6.92 Å². The molecule has 1 saturated heterocycles. The molecule has 2 aliphatic rings. The molecule has 4 rings (SSSR count). The first-order valence-corrected chi connectivity index (χ1v) is 15.4. The van der Waals surface area contributed by atoms with Crippen LogP contribution in [-0.2, 0) is 16.1 Å². The fourth-order valence-corrected chi connectivity index (χ4v) is 5.40. The van der Waals surface area contributed by atoms with E-state index < -0.39 is 24.3 Å². The molecule has 0 radical (unpaired) electrons. The van der Waals surface area contributed by atoms with Crippen LogP contribution in [0, 0.1) is 5.92 Å². The lowest BCUT2D eigenvalue weighted by Gasteiger charge is -2.28. The Morgan fingerprint density at radius 2 is 1.74 bits per heavy atom. The van der Waals surface area contributed by atoms with Gasteiger partial charge in [-0.25, -0.2) is 8.78 Å². The van der Waals surface area contributed by atoms with Crippen LogP contribution < -0.4 is 16.4 Å². The van der Waals surface area contributed by atoms with Crippen molar-refractivity contribution in [3.05, 3.63) is 86.4 Å². The number of amides is 2. The van der Waals surface area contributed by atoms with E-state index in [-0.39, 0.29) is 41.3 Å². The lowest BCUT2D eigenvalue weighted by atomic mass is 9.78. The summed E-state index contributed by atoms with van der Waals surface area (Å²) in [5.74, 6) is -1.70. The van der Waals surface area contributed by atoms with Gasteiger partial charge in [0.2, 0.25) is 12.3 Å². The van der Waals surface area contributed by atoms with Crippen molar-refractivity contribution in [1.29, 1.82) is 0 Å². The number of nitrogens with two attached hydrogens (primary N) is 1. The van der Waals surface area contributed by atoms with Crippen LogP contribution >= 0.6 is 27.5 Å². The number of allylic oxidation sites excluding steroid dienone is 2. The van der Waals surface area contributed by atoms with E-state index in [0.29, 0.717) is 16.8 Å². The first-order chi connectivity index (χ1) is 20.4. The third-order valence-corrected chi connectivity index (χ3v) is 8.32. The van der Waals surface area contributed by atoms with E-state index in [2.05, 4.69) is 31.5 Å². The number of halogens is 4. The lowest BCUT2D eigenvalue weighted by molar-refractivity contribution is -0.125. The Hall–Kier alpha value is -2.92. The Morgan fingerprint density at radius 3 is 2.35 bits per heavy atom. The molecule has 7 nitrogen and oxygen atoms in total. The maximum atomic E-state index is 13.8. The number of hydrogen-bond acceptors (Lipinski definition) is 5. The number of nitrogens with zero attached hydrogens (tertiary/aromatic N) is 1. The average molecular weight is 680 g/mol. The molecule has 43 heavy (non-hydrogen) atoms. The zero-order valence-corrected chi connectivity index (χ0v) is 26.9. The largest absolute Gasteiger partial charge is 0.351 e. The van der Waals surface area contributed by atoms with Crippen molar-refractivity contribution < 1.29 is 23.2 Å². The highest BCUT2D eigenvalue weighted by Crippen LogP contribution is 2.32. The van der Waals surface area contributed by atoms with Crippen molar-refractivity contribution in [3.8, 4) is 0 Å². The van der Waals surface area contributed by atoms with E-state index in [0.717, 1.165) is 36.0 Å². The number of hydrogen-bond donors (Lipinski definition) is 3.